The van der Waals surface area contributed by atoms with E-state index in [1.165, 1.54) is 0 Å². The number of benzene rings is 1. The molecule has 0 aliphatic rings. The summed E-state index contributed by atoms with van der Waals surface area (Å²) in [5.41, 5.74) is 7.20. The molecule has 1 aromatic rings. The Balaban J connectivity index is 2.42. The molecule has 0 bridgehead atoms. The van der Waals surface area contributed by atoms with E-state index in [1.807, 2.05) is 12.1 Å². The van der Waals surface area contributed by atoms with Crippen LogP contribution in [0.2, 0.25) is 0 Å². The zero-order valence-corrected chi connectivity index (χ0v) is 17.7. The minimum atomic E-state index is -3.60. The van der Waals surface area contributed by atoms with Crippen molar-refractivity contribution >= 4 is 27.7 Å². The number of amides is 1. The lowest BCUT2D eigenvalue weighted by Gasteiger charge is -2.17. The van der Waals surface area contributed by atoms with Gasteiger partial charge in [0, 0.05) is 18.5 Å². The standard InChI is InChI=1S/C19H30N4O5S/c1-3-28-17(24)12-11-16(23-29(2,26)27)19(25)22-13-5-4-6-14-7-9-15(10-8-14)18(20)21/h7-10,16,23H,3-6,11-13H2,1-2H3,(H3,20,21)(H,22,25)/t16-/m1/s1. The van der Waals surface area contributed by atoms with Crippen LogP contribution in [0.25, 0.3) is 0 Å². The predicted octanol–water partition coefficient (Wildman–Crippen LogP) is 0.671. The van der Waals surface area contributed by atoms with Crippen molar-refractivity contribution in [2.45, 2.75) is 45.1 Å². The van der Waals surface area contributed by atoms with E-state index < -0.39 is 27.9 Å². The molecule has 0 fully saturated rings. The van der Waals surface area contributed by atoms with Gasteiger partial charge in [0.05, 0.1) is 12.9 Å². The van der Waals surface area contributed by atoms with Crippen molar-refractivity contribution in [3.63, 3.8) is 0 Å². The molecule has 5 N–H and O–H groups in total. The molecule has 0 unspecified atom stereocenters. The lowest BCUT2D eigenvalue weighted by Crippen LogP contribution is -2.46. The van der Waals surface area contributed by atoms with Gasteiger partial charge in [0.15, 0.2) is 0 Å². The number of nitrogens with two attached hydrogens (primary N) is 1. The molecule has 0 saturated heterocycles. The van der Waals surface area contributed by atoms with E-state index in [0.29, 0.717) is 18.5 Å². The molecular weight excluding hydrogens is 396 g/mol. The highest BCUT2D eigenvalue weighted by Crippen LogP contribution is 2.08. The Morgan fingerprint density at radius 3 is 2.41 bits per heavy atom. The lowest BCUT2D eigenvalue weighted by atomic mass is 10.1. The Morgan fingerprint density at radius 1 is 1.21 bits per heavy atom. The van der Waals surface area contributed by atoms with Gasteiger partial charge in [-0.05, 0) is 38.2 Å². The number of hydrogen-bond donors (Lipinski definition) is 4. The summed E-state index contributed by atoms with van der Waals surface area (Å²) >= 11 is 0. The fourth-order valence-corrected chi connectivity index (χ4v) is 3.38. The lowest BCUT2D eigenvalue weighted by molar-refractivity contribution is -0.143. The molecule has 0 heterocycles. The molecule has 9 nitrogen and oxygen atoms in total. The SMILES string of the molecule is CCOC(=O)CC[C@@H](NS(C)(=O)=O)C(=O)NCCCCc1ccc(C(=N)N)cc1. The molecule has 0 aliphatic carbocycles. The maximum atomic E-state index is 12.3. The summed E-state index contributed by atoms with van der Waals surface area (Å²) in [6, 6.07) is 6.40. The number of carbonyl (C=O) groups excluding carboxylic acids is 2. The van der Waals surface area contributed by atoms with Crippen LogP contribution in [0.4, 0.5) is 0 Å². The number of sulfonamides is 1. The largest absolute Gasteiger partial charge is 0.466 e. The van der Waals surface area contributed by atoms with Gasteiger partial charge in [-0.3, -0.25) is 15.0 Å². The second-order valence-electron chi connectivity index (χ2n) is 6.65. The van der Waals surface area contributed by atoms with E-state index in [4.69, 9.17) is 15.9 Å². The third-order valence-electron chi connectivity index (χ3n) is 4.07. The number of carbonyl (C=O) groups is 2. The Labute approximate surface area is 171 Å². The third kappa shape index (κ3) is 10.6. The first-order chi connectivity index (χ1) is 13.6. The van der Waals surface area contributed by atoms with Crippen molar-refractivity contribution in [1.29, 1.82) is 5.41 Å². The van der Waals surface area contributed by atoms with Crippen LogP contribution in [-0.4, -0.2) is 51.6 Å². The number of hydrogen-bond acceptors (Lipinski definition) is 6. The molecule has 1 amide bonds. The number of aryl methyl sites for hydroxylation is 1. The summed E-state index contributed by atoms with van der Waals surface area (Å²) < 4.78 is 30.0. The van der Waals surface area contributed by atoms with Crippen molar-refractivity contribution in [2.75, 3.05) is 19.4 Å². The van der Waals surface area contributed by atoms with E-state index in [-0.39, 0.29) is 25.3 Å². The highest BCUT2D eigenvalue weighted by atomic mass is 32.2. The summed E-state index contributed by atoms with van der Waals surface area (Å²) in [6.07, 6.45) is 3.29. The highest BCUT2D eigenvalue weighted by Gasteiger charge is 2.23. The number of nitrogens with one attached hydrogen (secondary N) is 3. The van der Waals surface area contributed by atoms with Gasteiger partial charge in [-0.15, -0.1) is 0 Å². The maximum absolute atomic E-state index is 12.3. The van der Waals surface area contributed by atoms with Gasteiger partial charge < -0.3 is 15.8 Å². The van der Waals surface area contributed by atoms with Crippen molar-refractivity contribution in [1.82, 2.24) is 10.0 Å². The van der Waals surface area contributed by atoms with Crippen molar-refractivity contribution in [2.24, 2.45) is 5.73 Å². The fourth-order valence-electron chi connectivity index (χ4n) is 2.64. The van der Waals surface area contributed by atoms with Gasteiger partial charge in [0.2, 0.25) is 15.9 Å². The van der Waals surface area contributed by atoms with Gasteiger partial charge in [-0.25, -0.2) is 13.1 Å². The second kappa shape index (κ2) is 12.2. The van der Waals surface area contributed by atoms with Crippen LogP contribution in [-0.2, 0) is 30.8 Å². The summed E-state index contributed by atoms with van der Waals surface area (Å²) in [6.45, 7) is 2.30. The normalized spacial score (nSPS) is 12.2. The van der Waals surface area contributed by atoms with Gasteiger partial charge in [0.25, 0.3) is 0 Å². The third-order valence-corrected chi connectivity index (χ3v) is 4.78. The first kappa shape index (κ1) is 24.6. The van der Waals surface area contributed by atoms with Crippen LogP contribution in [0.1, 0.15) is 43.7 Å². The van der Waals surface area contributed by atoms with Crippen LogP contribution in [0.15, 0.2) is 24.3 Å². The number of unbranched alkanes of at least 4 members (excludes halogenated alkanes) is 1. The van der Waals surface area contributed by atoms with Crippen LogP contribution in [0.5, 0.6) is 0 Å². The molecule has 0 aliphatic heterocycles. The second-order valence-corrected chi connectivity index (χ2v) is 8.43. The quantitative estimate of drug-likeness (QED) is 0.157. The zero-order valence-electron chi connectivity index (χ0n) is 16.9. The van der Waals surface area contributed by atoms with Crippen LogP contribution >= 0.6 is 0 Å². The monoisotopic (exact) mass is 426 g/mol. The molecular formula is C19H30N4O5S. The van der Waals surface area contributed by atoms with Crippen molar-refractivity contribution in [3.8, 4) is 0 Å². The van der Waals surface area contributed by atoms with E-state index in [2.05, 4.69) is 10.0 Å². The van der Waals surface area contributed by atoms with Gasteiger partial charge >= 0.3 is 5.97 Å². The highest BCUT2D eigenvalue weighted by molar-refractivity contribution is 7.88. The molecule has 0 aromatic heterocycles. The predicted molar refractivity (Wildman–Crippen MR) is 111 cm³/mol. The van der Waals surface area contributed by atoms with Crippen LogP contribution in [0.3, 0.4) is 0 Å². The molecule has 0 spiro atoms. The van der Waals surface area contributed by atoms with E-state index >= 15 is 0 Å². The summed E-state index contributed by atoms with van der Waals surface area (Å²) in [7, 11) is -3.60. The van der Waals surface area contributed by atoms with Gasteiger partial charge in [-0.1, -0.05) is 24.3 Å². The van der Waals surface area contributed by atoms with E-state index in [9.17, 15) is 18.0 Å². The first-order valence-corrected chi connectivity index (χ1v) is 11.4. The molecule has 0 radical (unpaired) electrons. The summed E-state index contributed by atoms with van der Waals surface area (Å²) in [4.78, 5) is 23.8. The van der Waals surface area contributed by atoms with E-state index in [0.717, 1.165) is 24.7 Å². The molecule has 0 saturated carbocycles. The van der Waals surface area contributed by atoms with Crippen LogP contribution in [0, 0.1) is 5.41 Å². The Kier molecular flexibility index (Phi) is 10.3. The minimum absolute atomic E-state index is 0.0273. The number of amidine groups is 1. The minimum Gasteiger partial charge on any atom is -0.466 e. The van der Waals surface area contributed by atoms with Gasteiger partial charge in [-0.2, -0.15) is 0 Å². The number of rotatable bonds is 13. The Bertz CT molecular complexity index is 793. The Hall–Kier alpha value is -2.46. The fraction of sp³-hybridized carbons (Fsp3) is 0.526. The molecule has 162 valence electrons. The summed E-state index contributed by atoms with van der Waals surface area (Å²) in [5, 5.41) is 10.1. The molecule has 1 atom stereocenters. The van der Waals surface area contributed by atoms with Crippen LogP contribution < -0.4 is 15.8 Å². The molecule has 1 rings (SSSR count). The molecule has 1 aromatic carbocycles. The van der Waals surface area contributed by atoms with Crippen molar-refractivity contribution in [3.05, 3.63) is 35.4 Å². The van der Waals surface area contributed by atoms with E-state index in [1.54, 1.807) is 19.1 Å². The number of ether oxygens (including phenoxy) is 1. The average molecular weight is 427 g/mol. The Morgan fingerprint density at radius 2 is 1.86 bits per heavy atom. The zero-order chi connectivity index (χ0) is 21.9. The molecule has 29 heavy (non-hydrogen) atoms. The average Bonchev–Trinajstić information content (AvgIpc) is 2.64. The smallest absolute Gasteiger partial charge is 0.305 e. The topological polar surface area (TPSA) is 151 Å². The first-order valence-electron chi connectivity index (χ1n) is 9.46. The van der Waals surface area contributed by atoms with Gasteiger partial charge in [0.1, 0.15) is 11.9 Å². The summed E-state index contributed by atoms with van der Waals surface area (Å²) in [5.74, 6) is -0.915. The number of esters is 1. The van der Waals surface area contributed by atoms with Crippen molar-refractivity contribution < 1.29 is 22.7 Å². The number of nitrogen functional groups attached to an aromatic ring is 1. The molecule has 10 heteroatoms. The maximum Gasteiger partial charge on any atom is 0.305 e.